The zero-order valence-corrected chi connectivity index (χ0v) is 12.1. The van der Waals surface area contributed by atoms with E-state index in [4.69, 9.17) is 0 Å². The molecule has 104 valence electrons. The number of hydrogen-bond acceptors (Lipinski definition) is 2. The van der Waals surface area contributed by atoms with Gasteiger partial charge in [-0.2, -0.15) is 8.78 Å². The fraction of sp³-hybridized carbons (Fsp3) is 0.786. The fourth-order valence-corrected chi connectivity index (χ4v) is 2.30. The number of ketones is 1. The second-order valence-electron chi connectivity index (χ2n) is 7.00. The van der Waals surface area contributed by atoms with Crippen molar-refractivity contribution < 1.29 is 13.6 Å². The molecule has 0 aromatic rings. The Bertz CT molecular complexity index is 370. The highest BCUT2D eigenvalue weighted by Crippen LogP contribution is 2.35. The summed E-state index contributed by atoms with van der Waals surface area (Å²) in [7, 11) is 0. The summed E-state index contributed by atoms with van der Waals surface area (Å²) in [6, 6.07) is -0.429. The molecule has 0 aromatic heterocycles. The van der Waals surface area contributed by atoms with Gasteiger partial charge in [-0.3, -0.25) is 9.69 Å². The van der Waals surface area contributed by atoms with E-state index >= 15 is 0 Å². The number of nitrogens with zero attached hydrogens (tertiary/aromatic N) is 1. The molecule has 0 N–H and O–H groups in total. The number of likely N-dealkylation sites (tertiary alicyclic amines) is 1. The van der Waals surface area contributed by atoms with Crippen LogP contribution in [0.5, 0.6) is 0 Å². The van der Waals surface area contributed by atoms with Gasteiger partial charge in [-0.15, -0.1) is 0 Å². The first-order valence-electron chi connectivity index (χ1n) is 6.28. The second kappa shape index (κ2) is 4.72. The Morgan fingerprint density at radius 3 is 2.00 bits per heavy atom. The summed E-state index contributed by atoms with van der Waals surface area (Å²) in [5.74, 6) is 0.0358. The van der Waals surface area contributed by atoms with Crippen molar-refractivity contribution in [2.75, 3.05) is 6.54 Å². The lowest BCUT2D eigenvalue weighted by Crippen LogP contribution is -2.50. The van der Waals surface area contributed by atoms with E-state index in [2.05, 4.69) is 0 Å². The first kappa shape index (κ1) is 15.3. The molecule has 0 radical (unpaired) electrons. The molecule has 0 spiro atoms. The van der Waals surface area contributed by atoms with Crippen LogP contribution in [0.4, 0.5) is 8.78 Å². The lowest BCUT2D eigenvalue weighted by atomic mass is 9.84. The van der Waals surface area contributed by atoms with Crippen LogP contribution < -0.4 is 0 Å². The first-order valence-corrected chi connectivity index (χ1v) is 6.28. The smallest absolute Gasteiger partial charge is 0.270 e. The molecule has 1 aliphatic rings. The first-order chi connectivity index (χ1) is 7.94. The van der Waals surface area contributed by atoms with Gasteiger partial charge in [0.1, 0.15) is 0 Å². The number of hydrogen-bond donors (Lipinski definition) is 0. The predicted octanol–water partition coefficient (Wildman–Crippen LogP) is 3.63. The third-order valence-electron chi connectivity index (χ3n) is 3.35. The molecule has 1 fully saturated rings. The van der Waals surface area contributed by atoms with E-state index in [-0.39, 0.29) is 29.9 Å². The van der Waals surface area contributed by atoms with Crippen LogP contribution >= 0.6 is 0 Å². The highest BCUT2D eigenvalue weighted by Gasteiger charge is 2.43. The third kappa shape index (κ3) is 3.16. The molecular weight excluding hydrogens is 236 g/mol. The maximum atomic E-state index is 12.8. The maximum Gasteiger partial charge on any atom is 0.270 e. The number of carbonyl (C=O) groups is 1. The van der Waals surface area contributed by atoms with Gasteiger partial charge in [0.25, 0.3) is 6.08 Å². The Hall–Kier alpha value is -0.770. The van der Waals surface area contributed by atoms with Crippen molar-refractivity contribution in [3.05, 3.63) is 11.7 Å². The lowest BCUT2D eigenvalue weighted by molar-refractivity contribution is -0.132. The van der Waals surface area contributed by atoms with Crippen molar-refractivity contribution in [1.82, 2.24) is 4.90 Å². The molecule has 1 heterocycles. The molecule has 18 heavy (non-hydrogen) atoms. The summed E-state index contributed by atoms with van der Waals surface area (Å²) in [4.78, 5) is 14.3. The Balaban J connectivity index is 3.09. The van der Waals surface area contributed by atoms with Crippen LogP contribution in [-0.2, 0) is 4.79 Å². The molecule has 1 atom stereocenters. The number of halogens is 2. The SMILES string of the molecule is CC(C)(C)C(=O)[C@@H]1CC(=C(F)F)CN1C(C)(C)C. The van der Waals surface area contributed by atoms with Crippen molar-refractivity contribution in [2.24, 2.45) is 5.41 Å². The van der Waals surface area contributed by atoms with Gasteiger partial charge in [-0.05, 0) is 27.2 Å². The maximum absolute atomic E-state index is 12.8. The van der Waals surface area contributed by atoms with Crippen LogP contribution in [0.15, 0.2) is 11.7 Å². The Labute approximate surface area is 108 Å². The Morgan fingerprint density at radius 2 is 1.67 bits per heavy atom. The van der Waals surface area contributed by atoms with Crippen molar-refractivity contribution in [3.63, 3.8) is 0 Å². The normalized spacial score (nSPS) is 22.4. The summed E-state index contributed by atoms with van der Waals surface area (Å²) in [6.45, 7) is 11.6. The highest BCUT2D eigenvalue weighted by molar-refractivity contribution is 5.89. The minimum Gasteiger partial charge on any atom is -0.297 e. The van der Waals surface area contributed by atoms with E-state index in [0.717, 1.165) is 0 Å². The second-order valence-corrected chi connectivity index (χ2v) is 7.00. The summed E-state index contributed by atoms with van der Waals surface area (Å²) in [5.41, 5.74) is -0.688. The Kier molecular flexibility index (Phi) is 4.01. The average Bonchev–Trinajstić information content (AvgIpc) is 2.58. The highest BCUT2D eigenvalue weighted by atomic mass is 19.3. The van der Waals surface area contributed by atoms with E-state index in [0.29, 0.717) is 0 Å². The number of Topliss-reactive ketones (excluding diaryl/α,β-unsaturated/α-hetero) is 1. The van der Waals surface area contributed by atoms with Crippen LogP contribution in [-0.4, -0.2) is 28.8 Å². The van der Waals surface area contributed by atoms with Crippen molar-refractivity contribution in [3.8, 4) is 0 Å². The molecule has 1 saturated heterocycles. The zero-order chi connectivity index (χ0) is 14.3. The number of rotatable bonds is 1. The van der Waals surface area contributed by atoms with Gasteiger partial charge in [0.05, 0.1) is 6.04 Å². The molecule has 0 bridgehead atoms. The van der Waals surface area contributed by atoms with Crippen LogP contribution in [0.25, 0.3) is 0 Å². The molecule has 0 aliphatic carbocycles. The molecule has 0 saturated carbocycles. The van der Waals surface area contributed by atoms with Crippen molar-refractivity contribution in [2.45, 2.75) is 59.5 Å². The topological polar surface area (TPSA) is 20.3 Å². The zero-order valence-electron chi connectivity index (χ0n) is 12.1. The standard InChI is InChI=1S/C14H23F2NO/c1-13(2,3)11(18)10-7-9(12(15)16)8-17(10)14(4,5)6/h10H,7-8H2,1-6H3/t10-/m0/s1. The van der Waals surface area contributed by atoms with Gasteiger partial charge >= 0.3 is 0 Å². The molecular formula is C14H23F2NO. The largest absolute Gasteiger partial charge is 0.297 e. The van der Waals surface area contributed by atoms with Gasteiger partial charge in [0, 0.05) is 23.1 Å². The van der Waals surface area contributed by atoms with Gasteiger partial charge < -0.3 is 0 Å². The third-order valence-corrected chi connectivity index (χ3v) is 3.35. The summed E-state index contributed by atoms with van der Waals surface area (Å²) in [5, 5.41) is 0. The molecule has 0 aromatic carbocycles. The Morgan fingerprint density at radius 1 is 1.17 bits per heavy atom. The molecule has 1 rings (SSSR count). The number of carbonyl (C=O) groups excluding carboxylic acids is 1. The molecule has 2 nitrogen and oxygen atoms in total. The molecule has 1 aliphatic heterocycles. The summed E-state index contributed by atoms with van der Waals surface area (Å²) in [6.07, 6.45) is -1.47. The quantitative estimate of drug-likeness (QED) is 0.716. The van der Waals surface area contributed by atoms with Crippen LogP contribution in [0, 0.1) is 5.41 Å². The van der Waals surface area contributed by atoms with Crippen LogP contribution in [0.1, 0.15) is 48.0 Å². The molecule has 0 unspecified atom stereocenters. The van der Waals surface area contributed by atoms with Crippen molar-refractivity contribution >= 4 is 5.78 Å². The van der Waals surface area contributed by atoms with E-state index in [1.54, 1.807) is 0 Å². The van der Waals surface area contributed by atoms with E-state index in [1.165, 1.54) is 0 Å². The summed E-state index contributed by atoms with van der Waals surface area (Å²) < 4.78 is 25.6. The monoisotopic (exact) mass is 259 g/mol. The van der Waals surface area contributed by atoms with E-state index in [1.807, 2.05) is 46.4 Å². The van der Waals surface area contributed by atoms with E-state index < -0.39 is 17.5 Å². The molecule has 0 amide bonds. The minimum atomic E-state index is -1.63. The van der Waals surface area contributed by atoms with Crippen molar-refractivity contribution in [1.29, 1.82) is 0 Å². The van der Waals surface area contributed by atoms with Gasteiger partial charge in [-0.25, -0.2) is 0 Å². The van der Waals surface area contributed by atoms with Crippen LogP contribution in [0.2, 0.25) is 0 Å². The lowest BCUT2D eigenvalue weighted by Gasteiger charge is -2.38. The van der Waals surface area contributed by atoms with Crippen LogP contribution in [0.3, 0.4) is 0 Å². The molecule has 4 heteroatoms. The fourth-order valence-electron chi connectivity index (χ4n) is 2.30. The minimum absolute atomic E-state index is 0.0358. The van der Waals surface area contributed by atoms with Gasteiger partial charge in [0.15, 0.2) is 5.78 Å². The summed E-state index contributed by atoms with van der Waals surface area (Å²) >= 11 is 0. The predicted molar refractivity (Wildman–Crippen MR) is 68.6 cm³/mol. The average molecular weight is 259 g/mol. The van der Waals surface area contributed by atoms with Gasteiger partial charge in [-0.1, -0.05) is 20.8 Å². The van der Waals surface area contributed by atoms with Gasteiger partial charge in [0.2, 0.25) is 0 Å². The van der Waals surface area contributed by atoms with E-state index in [9.17, 15) is 13.6 Å².